The number of benzene rings is 3. The van der Waals surface area contributed by atoms with Crippen molar-refractivity contribution in [2.24, 2.45) is 0 Å². The van der Waals surface area contributed by atoms with Crippen molar-refractivity contribution in [3.63, 3.8) is 0 Å². The summed E-state index contributed by atoms with van der Waals surface area (Å²) in [5.74, 6) is 0.284. The Morgan fingerprint density at radius 3 is 2.41 bits per heavy atom. The lowest BCUT2D eigenvalue weighted by Gasteiger charge is -2.15. The normalized spacial score (nSPS) is 10.8. The number of hydrogen-bond acceptors (Lipinski definition) is 4. The molecule has 0 fully saturated rings. The number of anilines is 2. The average Bonchev–Trinajstić information content (AvgIpc) is 2.83. The SMILES string of the molecule is COc1ccc2cc(CNc3ccc(C)cc3)c(=O)n(CC(=O)Nc3ccc(C)c(Cl)c3)c2c1. The Hall–Kier alpha value is -3.77. The standard InChI is InChI=1S/C27H26ClN3O3/c1-17-4-8-21(9-5-17)29-15-20-12-19-7-11-23(34-3)14-25(19)31(27(20)33)16-26(32)30-22-10-6-18(2)24(28)13-22/h4-14,29H,15-16H2,1-3H3,(H,30,32). The predicted octanol–water partition coefficient (Wildman–Crippen LogP) is 5.53. The summed E-state index contributed by atoms with van der Waals surface area (Å²) in [6.45, 7) is 4.10. The second-order valence-corrected chi connectivity index (χ2v) is 8.62. The van der Waals surface area contributed by atoms with E-state index in [1.54, 1.807) is 25.3 Å². The number of rotatable bonds is 7. The number of aryl methyl sites for hydroxylation is 2. The minimum Gasteiger partial charge on any atom is -0.497 e. The van der Waals surface area contributed by atoms with Gasteiger partial charge in [-0.15, -0.1) is 0 Å². The van der Waals surface area contributed by atoms with Crippen LogP contribution < -0.4 is 20.9 Å². The molecule has 1 heterocycles. The van der Waals surface area contributed by atoms with E-state index in [0.29, 0.717) is 34.1 Å². The molecule has 0 radical (unpaired) electrons. The van der Waals surface area contributed by atoms with Crippen molar-refractivity contribution in [1.29, 1.82) is 0 Å². The molecule has 0 unspecified atom stereocenters. The maximum atomic E-state index is 13.4. The highest BCUT2D eigenvalue weighted by Gasteiger charge is 2.14. The number of methoxy groups -OCH3 is 1. The number of halogens is 1. The lowest BCUT2D eigenvalue weighted by atomic mass is 10.1. The summed E-state index contributed by atoms with van der Waals surface area (Å²) in [5, 5.41) is 7.53. The number of nitrogens with one attached hydrogen (secondary N) is 2. The van der Waals surface area contributed by atoms with Crippen molar-refractivity contribution in [3.8, 4) is 5.75 Å². The van der Waals surface area contributed by atoms with Crippen LogP contribution in [0.3, 0.4) is 0 Å². The van der Waals surface area contributed by atoms with Crippen LogP contribution in [0.4, 0.5) is 11.4 Å². The third kappa shape index (κ3) is 5.24. The third-order valence-corrected chi connectivity index (χ3v) is 6.08. The Morgan fingerprint density at radius 2 is 1.71 bits per heavy atom. The van der Waals surface area contributed by atoms with Gasteiger partial charge < -0.3 is 15.4 Å². The van der Waals surface area contributed by atoms with E-state index in [-0.39, 0.29) is 18.0 Å². The highest BCUT2D eigenvalue weighted by molar-refractivity contribution is 6.31. The average molecular weight is 476 g/mol. The molecule has 174 valence electrons. The first-order chi connectivity index (χ1) is 16.3. The molecule has 0 aliphatic carbocycles. The summed E-state index contributed by atoms with van der Waals surface area (Å²) in [4.78, 5) is 26.3. The van der Waals surface area contributed by atoms with Crippen molar-refractivity contribution in [1.82, 2.24) is 4.57 Å². The highest BCUT2D eigenvalue weighted by Crippen LogP contribution is 2.22. The zero-order valence-electron chi connectivity index (χ0n) is 19.3. The molecule has 6 nitrogen and oxygen atoms in total. The molecule has 0 aliphatic heterocycles. The fourth-order valence-electron chi connectivity index (χ4n) is 3.71. The van der Waals surface area contributed by atoms with Crippen LogP contribution in [0.1, 0.15) is 16.7 Å². The third-order valence-electron chi connectivity index (χ3n) is 5.67. The quantitative estimate of drug-likeness (QED) is 0.368. The van der Waals surface area contributed by atoms with E-state index in [2.05, 4.69) is 10.6 Å². The van der Waals surface area contributed by atoms with Crippen molar-refractivity contribution < 1.29 is 9.53 Å². The molecule has 1 aromatic heterocycles. The number of carbonyl (C=O) groups is 1. The maximum absolute atomic E-state index is 13.4. The van der Waals surface area contributed by atoms with Gasteiger partial charge >= 0.3 is 0 Å². The first kappa shape index (κ1) is 23.4. The predicted molar refractivity (Wildman–Crippen MR) is 138 cm³/mol. The van der Waals surface area contributed by atoms with Crippen molar-refractivity contribution in [3.05, 3.63) is 98.8 Å². The number of aromatic nitrogens is 1. The Labute approximate surface area is 203 Å². The maximum Gasteiger partial charge on any atom is 0.256 e. The van der Waals surface area contributed by atoms with Gasteiger partial charge in [-0.1, -0.05) is 35.4 Å². The van der Waals surface area contributed by atoms with Crippen molar-refractivity contribution in [2.45, 2.75) is 26.9 Å². The molecular formula is C27H26ClN3O3. The van der Waals surface area contributed by atoms with Gasteiger partial charge in [0.25, 0.3) is 5.56 Å². The second-order valence-electron chi connectivity index (χ2n) is 8.22. The van der Waals surface area contributed by atoms with E-state index < -0.39 is 0 Å². The Bertz CT molecular complexity index is 1410. The van der Waals surface area contributed by atoms with Crippen LogP contribution in [0, 0.1) is 13.8 Å². The zero-order chi connectivity index (χ0) is 24.2. The van der Waals surface area contributed by atoms with Crippen LogP contribution in [0.15, 0.2) is 71.5 Å². The molecule has 0 saturated heterocycles. The van der Waals surface area contributed by atoms with E-state index in [1.807, 2.05) is 62.4 Å². The monoisotopic (exact) mass is 475 g/mol. The summed E-state index contributed by atoms with van der Waals surface area (Å²) in [7, 11) is 1.57. The van der Waals surface area contributed by atoms with Crippen LogP contribution in [0.5, 0.6) is 5.75 Å². The Morgan fingerprint density at radius 1 is 0.971 bits per heavy atom. The van der Waals surface area contributed by atoms with E-state index in [9.17, 15) is 9.59 Å². The molecule has 0 aliphatic rings. The summed E-state index contributed by atoms with van der Waals surface area (Å²) in [5.41, 5.74) is 4.52. The van der Waals surface area contributed by atoms with Gasteiger partial charge in [-0.3, -0.25) is 14.2 Å². The number of nitrogens with zero attached hydrogens (tertiary/aromatic N) is 1. The summed E-state index contributed by atoms with van der Waals surface area (Å²) in [6.07, 6.45) is 0. The van der Waals surface area contributed by atoms with Crippen LogP contribution in [0.2, 0.25) is 5.02 Å². The first-order valence-electron chi connectivity index (χ1n) is 10.9. The molecule has 0 atom stereocenters. The zero-order valence-corrected chi connectivity index (χ0v) is 20.1. The van der Waals surface area contributed by atoms with Gasteiger partial charge in [0.05, 0.1) is 12.6 Å². The van der Waals surface area contributed by atoms with Crippen molar-refractivity contribution >= 4 is 39.8 Å². The van der Waals surface area contributed by atoms with E-state index >= 15 is 0 Å². The van der Waals surface area contributed by atoms with Gasteiger partial charge in [-0.25, -0.2) is 0 Å². The molecule has 2 N–H and O–H groups in total. The minimum atomic E-state index is -0.324. The van der Waals surface area contributed by atoms with Crippen LogP contribution >= 0.6 is 11.6 Å². The molecule has 0 bridgehead atoms. The van der Waals surface area contributed by atoms with Crippen LogP contribution in [-0.4, -0.2) is 17.6 Å². The topological polar surface area (TPSA) is 72.4 Å². The second kappa shape index (κ2) is 10.0. The molecule has 4 aromatic rings. The molecule has 34 heavy (non-hydrogen) atoms. The molecule has 1 amide bonds. The minimum absolute atomic E-state index is 0.146. The van der Waals surface area contributed by atoms with Gasteiger partial charge in [-0.05, 0) is 67.3 Å². The fourth-order valence-corrected chi connectivity index (χ4v) is 3.89. The number of carbonyl (C=O) groups excluding carboxylic acids is 1. The van der Waals surface area contributed by atoms with Gasteiger partial charge in [0.15, 0.2) is 0 Å². The first-order valence-corrected chi connectivity index (χ1v) is 11.3. The number of ether oxygens (including phenoxy) is 1. The molecule has 4 rings (SSSR count). The molecule has 7 heteroatoms. The van der Waals surface area contributed by atoms with Crippen LogP contribution in [0.25, 0.3) is 10.9 Å². The van der Waals surface area contributed by atoms with E-state index in [1.165, 1.54) is 4.57 Å². The molecule has 3 aromatic carbocycles. The Kier molecular flexibility index (Phi) is 6.89. The number of hydrogen-bond donors (Lipinski definition) is 2. The van der Waals surface area contributed by atoms with Crippen LogP contribution in [-0.2, 0) is 17.9 Å². The number of pyridine rings is 1. The van der Waals surface area contributed by atoms with Gasteiger partial charge in [0.1, 0.15) is 12.3 Å². The summed E-state index contributed by atoms with van der Waals surface area (Å²) < 4.78 is 6.83. The summed E-state index contributed by atoms with van der Waals surface area (Å²) in [6, 6.07) is 20.6. The molecule has 0 spiro atoms. The van der Waals surface area contributed by atoms with Gasteiger partial charge in [0, 0.05) is 34.6 Å². The Balaban J connectivity index is 1.66. The smallest absolute Gasteiger partial charge is 0.256 e. The lowest BCUT2D eigenvalue weighted by Crippen LogP contribution is -2.30. The lowest BCUT2D eigenvalue weighted by molar-refractivity contribution is -0.116. The van der Waals surface area contributed by atoms with Gasteiger partial charge in [-0.2, -0.15) is 0 Å². The summed E-state index contributed by atoms with van der Waals surface area (Å²) >= 11 is 6.18. The number of fused-ring (bicyclic) bond motifs is 1. The fraction of sp³-hybridized carbons (Fsp3) is 0.185. The van der Waals surface area contributed by atoms with Gasteiger partial charge in [0.2, 0.25) is 5.91 Å². The number of amides is 1. The van der Waals surface area contributed by atoms with E-state index in [0.717, 1.165) is 22.2 Å². The molecular weight excluding hydrogens is 450 g/mol. The van der Waals surface area contributed by atoms with E-state index in [4.69, 9.17) is 16.3 Å². The molecule has 0 saturated carbocycles. The highest BCUT2D eigenvalue weighted by atomic mass is 35.5. The largest absolute Gasteiger partial charge is 0.497 e. The van der Waals surface area contributed by atoms with Crippen molar-refractivity contribution in [2.75, 3.05) is 17.7 Å².